The van der Waals surface area contributed by atoms with Crippen LogP contribution >= 0.6 is 19.5 Å². The second-order valence-electron chi connectivity index (χ2n) is 5.40. The topological polar surface area (TPSA) is 37.4 Å². The summed E-state index contributed by atoms with van der Waals surface area (Å²) in [7, 11) is -3.53. The molecule has 6 heteroatoms. The van der Waals surface area contributed by atoms with Crippen LogP contribution in [0.4, 0.5) is 5.69 Å². The predicted octanol–water partition coefficient (Wildman–Crippen LogP) is 3.87. The minimum atomic E-state index is -3.53. The zero-order chi connectivity index (χ0) is 16.4. The third-order valence-electron chi connectivity index (χ3n) is 3.65. The van der Waals surface area contributed by atoms with E-state index in [4.69, 9.17) is 0 Å². The second-order valence-corrected chi connectivity index (χ2v) is 7.26. The molecule has 1 heterocycles. The number of rotatable bonds is 2. The second kappa shape index (κ2) is 7.00. The normalized spacial score (nSPS) is 20.1. The quantitative estimate of drug-likeness (QED) is 0.343. The molecule has 3 nitrogen and oxygen atoms in total. The SMILES string of the molecule is [CH2-]C1(C)CN(S(=O)(=O)c2ccccc2)c2ccccc21.[Pd+][I]. The van der Waals surface area contributed by atoms with E-state index in [1.54, 1.807) is 24.3 Å². The van der Waals surface area contributed by atoms with Crippen molar-refractivity contribution in [1.29, 1.82) is 0 Å². The first-order valence-corrected chi connectivity index (χ1v) is 12.6. The van der Waals surface area contributed by atoms with E-state index in [1.807, 2.05) is 56.8 Å². The van der Waals surface area contributed by atoms with Gasteiger partial charge in [0.1, 0.15) is 0 Å². The van der Waals surface area contributed by atoms with Crippen molar-refractivity contribution in [2.75, 3.05) is 10.8 Å². The fourth-order valence-corrected chi connectivity index (χ4v) is 4.25. The van der Waals surface area contributed by atoms with Crippen LogP contribution in [-0.2, 0) is 31.0 Å². The van der Waals surface area contributed by atoms with Crippen molar-refractivity contribution >= 4 is 35.2 Å². The predicted molar refractivity (Wildman–Crippen MR) is 94.1 cm³/mol. The summed E-state index contributed by atoms with van der Waals surface area (Å²) in [5.74, 6) is 0. The summed E-state index contributed by atoms with van der Waals surface area (Å²) in [5.41, 5.74) is 1.28. The molecule has 0 aliphatic carbocycles. The number of hydrogen-bond donors (Lipinski definition) is 0. The molecule has 0 saturated heterocycles. The molecule has 0 amide bonds. The summed E-state index contributed by atoms with van der Waals surface area (Å²) in [5, 5.41) is 0. The Morgan fingerprint density at radius 2 is 1.64 bits per heavy atom. The third kappa shape index (κ3) is 3.25. The summed E-state index contributed by atoms with van der Waals surface area (Å²) in [6.07, 6.45) is 0. The van der Waals surface area contributed by atoms with Crippen LogP contribution in [0.2, 0.25) is 0 Å². The van der Waals surface area contributed by atoms with Gasteiger partial charge < -0.3 is 6.92 Å². The number of halogens is 1. The van der Waals surface area contributed by atoms with Crippen LogP contribution in [-0.4, -0.2) is 15.0 Å². The van der Waals surface area contributed by atoms with Gasteiger partial charge in [-0.3, -0.25) is 4.31 Å². The molecule has 22 heavy (non-hydrogen) atoms. The minimum absolute atomic E-state index is 0.313. The average molecular weight is 520 g/mol. The number of benzene rings is 2. The van der Waals surface area contributed by atoms with E-state index in [0.29, 0.717) is 11.4 Å². The van der Waals surface area contributed by atoms with Gasteiger partial charge in [0.15, 0.2) is 0 Å². The van der Waals surface area contributed by atoms with E-state index in [9.17, 15) is 8.42 Å². The molecule has 1 atom stereocenters. The van der Waals surface area contributed by atoms with Gasteiger partial charge in [-0.2, -0.15) is 0 Å². The van der Waals surface area contributed by atoms with Crippen molar-refractivity contribution in [1.82, 2.24) is 0 Å². The zero-order valence-corrected chi connectivity index (χ0v) is 16.5. The van der Waals surface area contributed by atoms with Gasteiger partial charge in [0.25, 0.3) is 10.0 Å². The Balaban J connectivity index is 0.000000847. The van der Waals surface area contributed by atoms with Crippen LogP contribution in [0.25, 0.3) is 0 Å². The Morgan fingerprint density at radius 1 is 1.09 bits per heavy atom. The van der Waals surface area contributed by atoms with Crippen LogP contribution < -0.4 is 4.31 Å². The Bertz CT molecular complexity index is 748. The Morgan fingerprint density at radius 3 is 2.27 bits per heavy atom. The van der Waals surface area contributed by atoms with Crippen LogP contribution in [0.5, 0.6) is 0 Å². The molecule has 0 fully saturated rings. The molecule has 0 spiro atoms. The van der Waals surface area contributed by atoms with E-state index in [0.717, 1.165) is 11.3 Å². The average Bonchev–Trinajstić information content (AvgIpc) is 2.83. The molecule has 0 radical (unpaired) electrons. The molecule has 1 unspecified atom stereocenters. The van der Waals surface area contributed by atoms with E-state index >= 15 is 0 Å². The van der Waals surface area contributed by atoms with Crippen LogP contribution in [0.3, 0.4) is 0 Å². The molecule has 3 rings (SSSR count). The number of fused-ring (bicyclic) bond motifs is 1. The fourth-order valence-electron chi connectivity index (χ4n) is 2.62. The molecular weight excluding hydrogens is 504 g/mol. The molecule has 120 valence electrons. The van der Waals surface area contributed by atoms with Crippen LogP contribution in [0.15, 0.2) is 59.5 Å². The standard InChI is InChI=1S/C16H16NO2S.HI.Pd/c1-16(2)12-17(15-11-7-6-10-14(15)16)20(18,19)13-8-4-3-5-9-13;;/h3-11H,1,12H2,2H3;1H;/q-1;;+2/p-1. The monoisotopic (exact) mass is 519 g/mol. The summed E-state index contributed by atoms with van der Waals surface area (Å²) in [4.78, 5) is 0.313. The van der Waals surface area contributed by atoms with Gasteiger partial charge in [0.2, 0.25) is 0 Å². The van der Waals surface area contributed by atoms with Gasteiger partial charge in [-0.25, -0.2) is 8.42 Å². The van der Waals surface area contributed by atoms with Crippen molar-refractivity contribution in [2.45, 2.75) is 17.2 Å². The first kappa shape index (κ1) is 17.9. The third-order valence-corrected chi connectivity index (χ3v) is 5.42. The van der Waals surface area contributed by atoms with Crippen molar-refractivity contribution in [3.05, 3.63) is 67.1 Å². The Labute approximate surface area is 153 Å². The van der Waals surface area contributed by atoms with Gasteiger partial charge >= 0.3 is 35.1 Å². The van der Waals surface area contributed by atoms with Gasteiger partial charge in [0, 0.05) is 6.54 Å². The molecule has 1 aliphatic rings. The van der Waals surface area contributed by atoms with E-state index < -0.39 is 15.4 Å². The van der Waals surface area contributed by atoms with Gasteiger partial charge in [-0.15, -0.1) is 5.41 Å². The van der Waals surface area contributed by atoms with Crippen molar-refractivity contribution in [3.8, 4) is 0 Å². The van der Waals surface area contributed by atoms with E-state index in [2.05, 4.69) is 22.5 Å². The van der Waals surface area contributed by atoms with Gasteiger partial charge in [0.05, 0.1) is 10.6 Å². The molecule has 2 aromatic rings. The molecular formula is C16H16INO2PdS. The molecule has 2 aromatic carbocycles. The number of hydrogen-bond acceptors (Lipinski definition) is 2. The summed E-state index contributed by atoms with van der Waals surface area (Å²) in [6.45, 7) is 6.49. The summed E-state index contributed by atoms with van der Waals surface area (Å²) >= 11 is 4.72. The first-order chi connectivity index (χ1) is 10.4. The van der Waals surface area contributed by atoms with Crippen molar-refractivity contribution in [2.24, 2.45) is 0 Å². The number of para-hydroxylation sites is 1. The first-order valence-electron chi connectivity index (χ1n) is 6.57. The van der Waals surface area contributed by atoms with Gasteiger partial charge in [-0.05, 0) is 23.8 Å². The van der Waals surface area contributed by atoms with Crippen LogP contribution in [0, 0.1) is 6.92 Å². The zero-order valence-electron chi connectivity index (χ0n) is 12.0. The van der Waals surface area contributed by atoms with Crippen LogP contribution in [0.1, 0.15) is 12.5 Å². The Hall–Kier alpha value is -0.418. The van der Waals surface area contributed by atoms with E-state index in [1.165, 1.54) is 4.31 Å². The summed E-state index contributed by atoms with van der Waals surface area (Å²) < 4.78 is 27.0. The van der Waals surface area contributed by atoms with E-state index in [-0.39, 0.29) is 0 Å². The molecule has 0 bridgehead atoms. The van der Waals surface area contributed by atoms with Gasteiger partial charge in [-0.1, -0.05) is 43.3 Å². The number of nitrogens with zero attached hydrogens (tertiary/aromatic N) is 1. The Kier molecular flexibility index (Phi) is 5.70. The number of sulfonamides is 1. The molecule has 1 aliphatic heterocycles. The maximum atomic E-state index is 12.8. The fraction of sp³-hybridized carbons (Fsp3) is 0.188. The molecule has 0 N–H and O–H groups in total. The van der Waals surface area contributed by atoms with Crippen molar-refractivity contribution in [3.63, 3.8) is 0 Å². The van der Waals surface area contributed by atoms with Crippen molar-refractivity contribution < 1.29 is 24.0 Å². The molecule has 0 saturated carbocycles. The number of anilines is 1. The summed E-state index contributed by atoms with van der Waals surface area (Å²) in [6, 6.07) is 16.1. The maximum absolute atomic E-state index is 12.8. The molecule has 0 aromatic heterocycles.